The van der Waals surface area contributed by atoms with Gasteiger partial charge in [-0.15, -0.1) is 11.3 Å². The van der Waals surface area contributed by atoms with Gasteiger partial charge in [-0.05, 0) is 38.1 Å². The van der Waals surface area contributed by atoms with Gasteiger partial charge in [-0.3, -0.25) is 4.79 Å². The molecule has 1 aliphatic rings. The number of thiophene rings is 1. The zero-order chi connectivity index (χ0) is 13.0. The van der Waals surface area contributed by atoms with E-state index in [0.717, 1.165) is 19.4 Å². The van der Waals surface area contributed by atoms with Crippen molar-refractivity contribution >= 4 is 17.2 Å². The molecule has 1 aromatic heterocycles. The van der Waals surface area contributed by atoms with Gasteiger partial charge in [-0.2, -0.15) is 0 Å². The topological polar surface area (TPSA) is 29.5 Å². The van der Waals surface area contributed by atoms with Gasteiger partial charge in [-0.1, -0.05) is 6.07 Å². The summed E-state index contributed by atoms with van der Waals surface area (Å²) in [6.07, 6.45) is 2.77. The number of aryl methyl sites for hydroxylation is 1. The highest BCUT2D eigenvalue weighted by atomic mass is 32.1. The number of hydrogen-bond donors (Lipinski definition) is 0. The lowest BCUT2D eigenvalue weighted by molar-refractivity contribution is -0.143. The second kappa shape index (κ2) is 6.34. The van der Waals surface area contributed by atoms with Crippen molar-refractivity contribution in [1.29, 1.82) is 0 Å². The van der Waals surface area contributed by atoms with Crippen LogP contribution in [0.5, 0.6) is 0 Å². The fourth-order valence-electron chi connectivity index (χ4n) is 2.26. The molecule has 2 atom stereocenters. The van der Waals surface area contributed by atoms with Gasteiger partial charge < -0.3 is 9.64 Å². The predicted molar refractivity (Wildman–Crippen MR) is 73.8 cm³/mol. The number of amides is 1. The van der Waals surface area contributed by atoms with Gasteiger partial charge in [-0.25, -0.2) is 0 Å². The first-order valence-corrected chi connectivity index (χ1v) is 7.48. The molecule has 0 aromatic carbocycles. The third-order valence-electron chi connectivity index (χ3n) is 3.32. The van der Waals surface area contributed by atoms with Crippen molar-refractivity contribution in [2.75, 3.05) is 13.2 Å². The van der Waals surface area contributed by atoms with Crippen LogP contribution in [-0.2, 0) is 16.0 Å². The molecule has 0 spiro atoms. The molecule has 0 bridgehead atoms. The Hall–Kier alpha value is -0.870. The van der Waals surface area contributed by atoms with E-state index in [1.54, 1.807) is 11.3 Å². The molecule has 0 N–H and O–H groups in total. The Morgan fingerprint density at radius 1 is 1.56 bits per heavy atom. The second-order valence-electron chi connectivity index (χ2n) is 4.97. The molecule has 18 heavy (non-hydrogen) atoms. The predicted octanol–water partition coefficient (Wildman–Crippen LogP) is 2.71. The van der Waals surface area contributed by atoms with Crippen molar-refractivity contribution in [3.8, 4) is 0 Å². The SMILES string of the molecule is C[C@@H]1CN(C(=O)CCCc2cccs2)[C@@H](C)CO1. The summed E-state index contributed by atoms with van der Waals surface area (Å²) >= 11 is 1.77. The van der Waals surface area contributed by atoms with Gasteiger partial charge >= 0.3 is 0 Å². The van der Waals surface area contributed by atoms with E-state index in [0.29, 0.717) is 13.0 Å². The van der Waals surface area contributed by atoms with Crippen LogP contribution in [0.25, 0.3) is 0 Å². The molecule has 2 heterocycles. The Morgan fingerprint density at radius 2 is 2.39 bits per heavy atom. The lowest BCUT2D eigenvalue weighted by Crippen LogP contribution is -2.50. The molecule has 1 amide bonds. The number of hydrogen-bond acceptors (Lipinski definition) is 3. The molecule has 1 fully saturated rings. The number of carbonyl (C=O) groups is 1. The first kappa shape index (κ1) is 13.6. The Balaban J connectivity index is 1.76. The minimum atomic E-state index is 0.169. The fourth-order valence-corrected chi connectivity index (χ4v) is 3.01. The summed E-state index contributed by atoms with van der Waals surface area (Å²) in [5, 5.41) is 2.09. The minimum Gasteiger partial charge on any atom is -0.375 e. The van der Waals surface area contributed by atoms with Crippen LogP contribution in [0.4, 0.5) is 0 Å². The van der Waals surface area contributed by atoms with Crippen LogP contribution >= 0.6 is 11.3 Å². The van der Waals surface area contributed by atoms with Crippen LogP contribution in [-0.4, -0.2) is 36.1 Å². The summed E-state index contributed by atoms with van der Waals surface area (Å²) in [7, 11) is 0. The van der Waals surface area contributed by atoms with E-state index in [2.05, 4.69) is 24.4 Å². The van der Waals surface area contributed by atoms with E-state index in [9.17, 15) is 4.79 Å². The van der Waals surface area contributed by atoms with Crippen LogP contribution in [0, 0.1) is 0 Å². The van der Waals surface area contributed by atoms with Gasteiger partial charge in [0, 0.05) is 17.8 Å². The molecule has 4 heteroatoms. The molecule has 1 saturated heterocycles. The standard InChI is InChI=1S/C14H21NO2S/c1-11-10-17-12(2)9-15(11)14(16)7-3-5-13-6-4-8-18-13/h4,6,8,11-12H,3,5,7,9-10H2,1-2H3/t11-,12+/m0/s1. The summed E-state index contributed by atoms with van der Waals surface area (Å²) in [6, 6.07) is 4.41. The van der Waals surface area contributed by atoms with Crippen LogP contribution in [0.3, 0.4) is 0 Å². The number of ether oxygens (including phenoxy) is 1. The average Bonchev–Trinajstić information content (AvgIpc) is 2.85. The average molecular weight is 267 g/mol. The van der Waals surface area contributed by atoms with Crippen molar-refractivity contribution in [3.63, 3.8) is 0 Å². The van der Waals surface area contributed by atoms with Crippen molar-refractivity contribution < 1.29 is 9.53 Å². The maximum Gasteiger partial charge on any atom is 0.222 e. The highest BCUT2D eigenvalue weighted by Crippen LogP contribution is 2.16. The summed E-state index contributed by atoms with van der Waals surface area (Å²) in [5.41, 5.74) is 0. The molecular formula is C14H21NO2S. The monoisotopic (exact) mass is 267 g/mol. The molecule has 100 valence electrons. The third-order valence-corrected chi connectivity index (χ3v) is 4.26. The highest BCUT2D eigenvalue weighted by Gasteiger charge is 2.26. The van der Waals surface area contributed by atoms with Crippen LogP contribution in [0.15, 0.2) is 17.5 Å². The largest absolute Gasteiger partial charge is 0.375 e. The van der Waals surface area contributed by atoms with E-state index in [1.165, 1.54) is 4.88 Å². The summed E-state index contributed by atoms with van der Waals surface area (Å²) in [6.45, 7) is 5.48. The van der Waals surface area contributed by atoms with Gasteiger partial charge in [0.2, 0.25) is 5.91 Å². The summed E-state index contributed by atoms with van der Waals surface area (Å²) in [4.78, 5) is 15.5. The second-order valence-corrected chi connectivity index (χ2v) is 6.00. The number of carbonyl (C=O) groups excluding carboxylic acids is 1. The maximum atomic E-state index is 12.2. The number of rotatable bonds is 4. The van der Waals surface area contributed by atoms with E-state index >= 15 is 0 Å². The third kappa shape index (κ3) is 3.56. The van der Waals surface area contributed by atoms with E-state index in [1.807, 2.05) is 11.8 Å². The summed E-state index contributed by atoms with van der Waals surface area (Å²) in [5.74, 6) is 0.272. The number of morpholine rings is 1. The minimum absolute atomic E-state index is 0.169. The Labute approximate surface area is 113 Å². The first-order valence-electron chi connectivity index (χ1n) is 6.60. The zero-order valence-electron chi connectivity index (χ0n) is 11.1. The van der Waals surface area contributed by atoms with Gasteiger partial charge in [0.25, 0.3) is 0 Å². The molecule has 1 aromatic rings. The molecule has 1 aliphatic heterocycles. The van der Waals surface area contributed by atoms with Gasteiger partial charge in [0.1, 0.15) is 0 Å². The van der Waals surface area contributed by atoms with Crippen molar-refractivity contribution in [3.05, 3.63) is 22.4 Å². The van der Waals surface area contributed by atoms with E-state index in [-0.39, 0.29) is 18.1 Å². The molecule has 0 aliphatic carbocycles. The Bertz CT molecular complexity index is 377. The van der Waals surface area contributed by atoms with Crippen LogP contribution in [0.2, 0.25) is 0 Å². The Morgan fingerprint density at radius 3 is 3.11 bits per heavy atom. The Kier molecular flexibility index (Phi) is 4.78. The molecule has 0 unspecified atom stereocenters. The highest BCUT2D eigenvalue weighted by molar-refractivity contribution is 7.09. The molecule has 3 nitrogen and oxygen atoms in total. The van der Waals surface area contributed by atoms with Crippen LogP contribution in [0.1, 0.15) is 31.6 Å². The molecule has 0 radical (unpaired) electrons. The van der Waals surface area contributed by atoms with E-state index < -0.39 is 0 Å². The fraction of sp³-hybridized carbons (Fsp3) is 0.643. The number of nitrogens with zero attached hydrogens (tertiary/aromatic N) is 1. The van der Waals surface area contributed by atoms with Crippen molar-refractivity contribution in [2.45, 2.75) is 45.3 Å². The van der Waals surface area contributed by atoms with Gasteiger partial charge in [0.05, 0.1) is 18.8 Å². The lowest BCUT2D eigenvalue weighted by Gasteiger charge is -2.36. The molecular weight excluding hydrogens is 246 g/mol. The zero-order valence-corrected chi connectivity index (χ0v) is 11.9. The van der Waals surface area contributed by atoms with Crippen molar-refractivity contribution in [1.82, 2.24) is 4.90 Å². The summed E-state index contributed by atoms with van der Waals surface area (Å²) < 4.78 is 5.54. The quantitative estimate of drug-likeness (QED) is 0.839. The van der Waals surface area contributed by atoms with Crippen molar-refractivity contribution in [2.24, 2.45) is 0 Å². The molecule has 2 rings (SSSR count). The van der Waals surface area contributed by atoms with Gasteiger partial charge in [0.15, 0.2) is 0 Å². The van der Waals surface area contributed by atoms with Crippen LogP contribution < -0.4 is 0 Å². The van der Waals surface area contributed by atoms with E-state index in [4.69, 9.17) is 4.74 Å². The lowest BCUT2D eigenvalue weighted by atomic mass is 10.1. The molecule has 0 saturated carbocycles. The maximum absolute atomic E-state index is 12.2. The normalized spacial score (nSPS) is 24.2. The first-order chi connectivity index (χ1) is 8.66. The smallest absolute Gasteiger partial charge is 0.222 e.